The second-order valence-corrected chi connectivity index (χ2v) is 5.45. The van der Waals surface area contributed by atoms with Crippen LogP contribution in [0.1, 0.15) is 19.3 Å². The van der Waals surface area contributed by atoms with Crippen molar-refractivity contribution in [2.75, 3.05) is 19.8 Å². The number of carbonyl (C=O) groups excluding carboxylic acids is 1. The Labute approximate surface area is 128 Å². The minimum atomic E-state index is -0.158. The molecular formula is C14H17Cl2NO3. The fraction of sp³-hybridized carbons (Fsp3) is 0.500. The van der Waals surface area contributed by atoms with E-state index in [0.717, 1.165) is 25.9 Å². The van der Waals surface area contributed by atoms with Crippen LogP contribution < -0.4 is 10.1 Å². The van der Waals surface area contributed by atoms with Gasteiger partial charge in [0.1, 0.15) is 5.75 Å². The highest BCUT2D eigenvalue weighted by Crippen LogP contribution is 2.26. The summed E-state index contributed by atoms with van der Waals surface area (Å²) in [6, 6.07) is 4.89. The van der Waals surface area contributed by atoms with Gasteiger partial charge in [0.05, 0.1) is 16.1 Å². The van der Waals surface area contributed by atoms with Crippen LogP contribution in [-0.2, 0) is 9.53 Å². The predicted octanol–water partition coefficient (Wildman–Crippen LogP) is 3.06. The van der Waals surface area contributed by atoms with Gasteiger partial charge in [-0.3, -0.25) is 4.79 Å². The maximum atomic E-state index is 11.6. The number of carbonyl (C=O) groups is 1. The van der Waals surface area contributed by atoms with Crippen molar-refractivity contribution in [2.45, 2.75) is 25.4 Å². The molecule has 0 unspecified atom stereocenters. The molecule has 0 spiro atoms. The van der Waals surface area contributed by atoms with Crippen molar-refractivity contribution in [1.82, 2.24) is 5.32 Å². The van der Waals surface area contributed by atoms with Crippen molar-refractivity contribution >= 4 is 29.1 Å². The maximum Gasteiger partial charge on any atom is 0.257 e. The molecule has 0 radical (unpaired) electrons. The molecule has 1 amide bonds. The first kappa shape index (κ1) is 15.4. The second-order valence-electron chi connectivity index (χ2n) is 4.64. The Balaban J connectivity index is 1.65. The van der Waals surface area contributed by atoms with Gasteiger partial charge >= 0.3 is 0 Å². The quantitative estimate of drug-likeness (QED) is 0.877. The molecule has 1 aromatic rings. The molecule has 4 nitrogen and oxygen atoms in total. The molecule has 1 atom stereocenters. The Morgan fingerprint density at radius 3 is 2.95 bits per heavy atom. The van der Waals surface area contributed by atoms with Gasteiger partial charge in [-0.1, -0.05) is 23.2 Å². The number of amides is 1. The average Bonchev–Trinajstić information content (AvgIpc) is 2.93. The molecule has 2 rings (SSSR count). The molecule has 0 saturated carbocycles. The summed E-state index contributed by atoms with van der Waals surface area (Å²) in [5.41, 5.74) is 0. The molecule has 1 fully saturated rings. The van der Waals surface area contributed by atoms with Crippen LogP contribution in [0.4, 0.5) is 0 Å². The Hall–Kier alpha value is -0.970. The lowest BCUT2D eigenvalue weighted by atomic mass is 10.2. The summed E-state index contributed by atoms with van der Waals surface area (Å²) in [5.74, 6) is 0.364. The summed E-state index contributed by atoms with van der Waals surface area (Å²) >= 11 is 11.7. The van der Waals surface area contributed by atoms with Crippen LogP contribution in [0, 0.1) is 0 Å². The van der Waals surface area contributed by atoms with E-state index in [-0.39, 0.29) is 18.6 Å². The molecule has 1 heterocycles. The first-order chi connectivity index (χ1) is 9.65. The van der Waals surface area contributed by atoms with Crippen LogP contribution in [0.25, 0.3) is 0 Å². The minimum absolute atomic E-state index is 0.0382. The third-order valence-corrected chi connectivity index (χ3v) is 3.81. The van der Waals surface area contributed by atoms with E-state index in [9.17, 15) is 4.79 Å². The van der Waals surface area contributed by atoms with E-state index < -0.39 is 0 Å². The lowest BCUT2D eigenvalue weighted by molar-refractivity contribution is -0.123. The highest BCUT2D eigenvalue weighted by atomic mass is 35.5. The fourth-order valence-corrected chi connectivity index (χ4v) is 2.30. The Morgan fingerprint density at radius 1 is 1.40 bits per heavy atom. The molecule has 1 aliphatic rings. The molecule has 0 aliphatic carbocycles. The van der Waals surface area contributed by atoms with Gasteiger partial charge in [-0.2, -0.15) is 0 Å². The molecule has 1 aromatic carbocycles. The average molecular weight is 318 g/mol. The monoisotopic (exact) mass is 317 g/mol. The zero-order valence-electron chi connectivity index (χ0n) is 11.0. The topological polar surface area (TPSA) is 47.6 Å². The van der Waals surface area contributed by atoms with Crippen molar-refractivity contribution in [1.29, 1.82) is 0 Å². The van der Waals surface area contributed by atoms with E-state index in [4.69, 9.17) is 32.7 Å². The van der Waals surface area contributed by atoms with Crippen LogP contribution >= 0.6 is 23.2 Å². The molecule has 1 N–H and O–H groups in total. The Morgan fingerprint density at radius 2 is 2.25 bits per heavy atom. The lowest BCUT2D eigenvalue weighted by Gasteiger charge is -2.11. The summed E-state index contributed by atoms with van der Waals surface area (Å²) in [6.45, 7) is 1.40. The fourth-order valence-electron chi connectivity index (χ4n) is 2.01. The number of hydrogen-bond donors (Lipinski definition) is 1. The van der Waals surface area contributed by atoms with Gasteiger partial charge in [-0.05, 0) is 31.4 Å². The third-order valence-electron chi connectivity index (χ3n) is 3.07. The highest BCUT2D eigenvalue weighted by Gasteiger charge is 2.15. The molecule has 0 bridgehead atoms. The summed E-state index contributed by atoms with van der Waals surface area (Å²) in [7, 11) is 0. The second kappa shape index (κ2) is 7.72. The van der Waals surface area contributed by atoms with Gasteiger partial charge < -0.3 is 14.8 Å². The molecule has 1 aliphatic heterocycles. The molecule has 110 valence electrons. The summed E-state index contributed by atoms with van der Waals surface area (Å²) in [5, 5.41) is 3.67. The Kier molecular flexibility index (Phi) is 5.95. The van der Waals surface area contributed by atoms with Crippen LogP contribution in [0.5, 0.6) is 5.75 Å². The number of ether oxygens (including phenoxy) is 2. The van der Waals surface area contributed by atoms with Crippen molar-refractivity contribution in [2.24, 2.45) is 0 Å². The van der Waals surface area contributed by atoms with E-state index in [1.165, 1.54) is 0 Å². The van der Waals surface area contributed by atoms with Crippen LogP contribution in [0.15, 0.2) is 18.2 Å². The first-order valence-corrected chi connectivity index (χ1v) is 7.37. The normalized spacial score (nSPS) is 18.0. The number of nitrogens with one attached hydrogen (secondary N) is 1. The first-order valence-electron chi connectivity index (χ1n) is 6.61. The van der Waals surface area contributed by atoms with Crippen molar-refractivity contribution in [3.8, 4) is 5.75 Å². The van der Waals surface area contributed by atoms with Gasteiger partial charge in [0, 0.05) is 19.2 Å². The molecule has 20 heavy (non-hydrogen) atoms. The zero-order chi connectivity index (χ0) is 14.4. The van der Waals surface area contributed by atoms with Gasteiger partial charge in [-0.25, -0.2) is 0 Å². The number of rotatable bonds is 6. The molecule has 0 aromatic heterocycles. The van der Waals surface area contributed by atoms with E-state index in [1.54, 1.807) is 18.2 Å². The van der Waals surface area contributed by atoms with Crippen LogP contribution in [0.3, 0.4) is 0 Å². The maximum absolute atomic E-state index is 11.6. The third kappa shape index (κ3) is 4.85. The highest BCUT2D eigenvalue weighted by molar-refractivity contribution is 6.42. The predicted molar refractivity (Wildman–Crippen MR) is 78.6 cm³/mol. The van der Waals surface area contributed by atoms with E-state index in [1.807, 2.05) is 0 Å². The summed E-state index contributed by atoms with van der Waals surface area (Å²) in [4.78, 5) is 11.6. The number of hydrogen-bond acceptors (Lipinski definition) is 3. The lowest BCUT2D eigenvalue weighted by Crippen LogP contribution is -2.31. The van der Waals surface area contributed by atoms with Crippen molar-refractivity contribution in [3.63, 3.8) is 0 Å². The zero-order valence-corrected chi connectivity index (χ0v) is 12.5. The number of benzene rings is 1. The summed E-state index contributed by atoms with van der Waals surface area (Å²) < 4.78 is 10.8. The Bertz CT molecular complexity index is 462. The molecule has 1 saturated heterocycles. The van der Waals surface area contributed by atoms with Gasteiger partial charge in [0.2, 0.25) is 0 Å². The van der Waals surface area contributed by atoms with Crippen molar-refractivity contribution in [3.05, 3.63) is 28.2 Å². The SMILES string of the molecule is O=C(COc1ccc(Cl)c(Cl)c1)NCC[C@@H]1CCCO1. The van der Waals surface area contributed by atoms with E-state index in [0.29, 0.717) is 22.3 Å². The van der Waals surface area contributed by atoms with Gasteiger partial charge in [0.25, 0.3) is 5.91 Å². The van der Waals surface area contributed by atoms with E-state index >= 15 is 0 Å². The smallest absolute Gasteiger partial charge is 0.257 e. The van der Waals surface area contributed by atoms with Crippen LogP contribution in [0.2, 0.25) is 10.0 Å². The summed E-state index contributed by atoms with van der Waals surface area (Å²) in [6.07, 6.45) is 3.32. The van der Waals surface area contributed by atoms with Crippen LogP contribution in [-0.4, -0.2) is 31.8 Å². The number of halogens is 2. The standard InChI is InChI=1S/C14H17Cl2NO3/c15-12-4-3-11(8-13(12)16)20-9-14(18)17-6-5-10-2-1-7-19-10/h3-4,8,10H,1-2,5-7,9H2,(H,17,18)/t10-/m0/s1. The minimum Gasteiger partial charge on any atom is -0.484 e. The van der Waals surface area contributed by atoms with Crippen molar-refractivity contribution < 1.29 is 14.3 Å². The molecular weight excluding hydrogens is 301 g/mol. The van der Waals surface area contributed by atoms with Gasteiger partial charge in [-0.15, -0.1) is 0 Å². The van der Waals surface area contributed by atoms with Gasteiger partial charge in [0.15, 0.2) is 6.61 Å². The molecule has 6 heteroatoms. The van der Waals surface area contributed by atoms with E-state index in [2.05, 4.69) is 5.32 Å². The largest absolute Gasteiger partial charge is 0.484 e.